The number of para-hydroxylation sites is 1. The number of benzene rings is 2. The van der Waals surface area contributed by atoms with Crippen LogP contribution in [0, 0.1) is 0 Å². The van der Waals surface area contributed by atoms with Gasteiger partial charge in [0.05, 0.1) is 23.5 Å². The lowest BCUT2D eigenvalue weighted by Crippen LogP contribution is -2.29. The van der Waals surface area contributed by atoms with E-state index in [9.17, 15) is 4.79 Å². The molecule has 4 rings (SSSR count). The summed E-state index contributed by atoms with van der Waals surface area (Å²) in [4.78, 5) is 23.4. The molecule has 7 heteroatoms. The number of nitrogens with zero attached hydrogens (tertiary/aromatic N) is 3. The first-order chi connectivity index (χ1) is 13.6. The maximum absolute atomic E-state index is 13.1. The molecule has 2 aliphatic heterocycles. The van der Waals surface area contributed by atoms with E-state index in [1.807, 2.05) is 43.4 Å². The average molecular weight is 410 g/mol. The van der Waals surface area contributed by atoms with Crippen molar-refractivity contribution >= 4 is 46.0 Å². The molecule has 0 unspecified atom stereocenters. The Bertz CT molecular complexity index is 999. The number of ether oxygens (including phenoxy) is 1. The summed E-state index contributed by atoms with van der Waals surface area (Å²) in [5.74, 6) is 0.728. The van der Waals surface area contributed by atoms with Crippen molar-refractivity contribution in [2.45, 2.75) is 4.90 Å². The number of methoxy groups -OCH3 is 1. The van der Waals surface area contributed by atoms with Gasteiger partial charge in [-0.2, -0.15) is 0 Å². The minimum absolute atomic E-state index is 0.0423. The molecule has 2 aromatic carbocycles. The van der Waals surface area contributed by atoms with E-state index in [1.165, 1.54) is 11.8 Å². The summed E-state index contributed by atoms with van der Waals surface area (Å²) < 4.78 is 5.20. The van der Waals surface area contributed by atoms with Gasteiger partial charge in [0.15, 0.2) is 5.17 Å². The van der Waals surface area contributed by atoms with E-state index in [0.29, 0.717) is 16.6 Å². The minimum atomic E-state index is -0.0423. The maximum Gasteiger partial charge on any atom is 0.269 e. The molecule has 0 aliphatic carbocycles. The second-order valence-corrected chi connectivity index (χ2v) is 8.17. The number of thioether (sulfide) groups is 2. The van der Waals surface area contributed by atoms with Crippen molar-refractivity contribution < 1.29 is 9.53 Å². The van der Waals surface area contributed by atoms with Gasteiger partial charge >= 0.3 is 0 Å². The predicted molar refractivity (Wildman–Crippen MR) is 117 cm³/mol. The molecule has 2 heterocycles. The molecule has 1 saturated heterocycles. The van der Waals surface area contributed by atoms with Crippen molar-refractivity contribution in [3.05, 3.63) is 71.1 Å². The molecule has 0 N–H and O–H groups in total. The van der Waals surface area contributed by atoms with Crippen LogP contribution in [0.25, 0.3) is 0 Å². The second kappa shape index (κ2) is 7.77. The second-order valence-electron chi connectivity index (χ2n) is 6.16. The standard InChI is InChI=1S/C21H19N3O2S2/c1-4-13-24-19(25)18(20-23(2)16-7-5-6-8-17(16)27-20)28-21(24)22-14-9-11-15(26-3)12-10-14/h4-12H,1,13H2,2-3H3/b20-18+,22-21?. The van der Waals surface area contributed by atoms with Crippen LogP contribution in [0.15, 0.2) is 81.0 Å². The summed E-state index contributed by atoms with van der Waals surface area (Å²) in [5.41, 5.74) is 1.88. The normalized spacial score (nSPS) is 20.1. The molecule has 2 aliphatic rings. The van der Waals surface area contributed by atoms with Gasteiger partial charge in [0.1, 0.15) is 10.7 Å². The van der Waals surface area contributed by atoms with E-state index in [1.54, 1.807) is 29.8 Å². The fourth-order valence-electron chi connectivity index (χ4n) is 2.98. The van der Waals surface area contributed by atoms with Crippen molar-refractivity contribution in [1.82, 2.24) is 4.90 Å². The number of amides is 1. The van der Waals surface area contributed by atoms with Crippen molar-refractivity contribution in [2.24, 2.45) is 4.99 Å². The highest BCUT2D eigenvalue weighted by molar-refractivity contribution is 8.19. The molecule has 0 aromatic heterocycles. The zero-order valence-corrected chi connectivity index (χ0v) is 17.2. The lowest BCUT2D eigenvalue weighted by Gasteiger charge is -2.15. The first kappa shape index (κ1) is 18.7. The molecule has 0 atom stereocenters. The van der Waals surface area contributed by atoms with E-state index in [4.69, 9.17) is 9.73 Å². The number of hydrogen-bond donors (Lipinski definition) is 0. The summed E-state index contributed by atoms with van der Waals surface area (Å²) >= 11 is 3.03. The molecule has 0 saturated carbocycles. The van der Waals surface area contributed by atoms with Gasteiger partial charge in [-0.05, 0) is 48.2 Å². The molecule has 0 bridgehead atoms. The van der Waals surface area contributed by atoms with Crippen LogP contribution in [-0.2, 0) is 4.79 Å². The van der Waals surface area contributed by atoms with Crippen molar-refractivity contribution in [3.8, 4) is 5.75 Å². The summed E-state index contributed by atoms with van der Waals surface area (Å²) in [5, 5.41) is 1.59. The fourth-order valence-corrected chi connectivity index (χ4v) is 5.33. The summed E-state index contributed by atoms with van der Waals surface area (Å²) in [6.07, 6.45) is 1.72. The van der Waals surface area contributed by atoms with Gasteiger partial charge in [-0.15, -0.1) is 6.58 Å². The van der Waals surface area contributed by atoms with Crippen molar-refractivity contribution in [3.63, 3.8) is 0 Å². The summed E-state index contributed by atoms with van der Waals surface area (Å²) in [6.45, 7) is 4.20. The maximum atomic E-state index is 13.1. The number of amidine groups is 1. The highest BCUT2D eigenvalue weighted by Gasteiger charge is 2.38. The largest absolute Gasteiger partial charge is 0.497 e. The topological polar surface area (TPSA) is 45.1 Å². The Morgan fingerprint density at radius 1 is 1.14 bits per heavy atom. The molecule has 28 heavy (non-hydrogen) atoms. The molecular weight excluding hydrogens is 390 g/mol. The lowest BCUT2D eigenvalue weighted by atomic mass is 10.3. The van der Waals surface area contributed by atoms with Crippen LogP contribution < -0.4 is 9.64 Å². The molecule has 5 nitrogen and oxygen atoms in total. The zero-order valence-electron chi connectivity index (χ0n) is 15.6. The molecule has 142 valence electrons. The van der Waals surface area contributed by atoms with Crippen LogP contribution in [-0.4, -0.2) is 36.7 Å². The van der Waals surface area contributed by atoms with E-state index >= 15 is 0 Å². The third-order valence-corrected chi connectivity index (χ3v) is 6.84. The van der Waals surface area contributed by atoms with Gasteiger partial charge in [0.2, 0.25) is 0 Å². The van der Waals surface area contributed by atoms with Crippen LogP contribution >= 0.6 is 23.5 Å². The molecule has 0 spiro atoms. The molecule has 1 fully saturated rings. The van der Waals surface area contributed by atoms with Crippen LogP contribution in [0.2, 0.25) is 0 Å². The molecular formula is C21H19N3O2S2. The van der Waals surface area contributed by atoms with Gasteiger partial charge in [0, 0.05) is 18.5 Å². The Morgan fingerprint density at radius 2 is 1.89 bits per heavy atom. The van der Waals surface area contributed by atoms with Crippen LogP contribution in [0.4, 0.5) is 11.4 Å². The number of carbonyl (C=O) groups is 1. The van der Waals surface area contributed by atoms with Crippen molar-refractivity contribution in [2.75, 3.05) is 25.6 Å². The van der Waals surface area contributed by atoms with Gasteiger partial charge in [0.25, 0.3) is 5.91 Å². The Kier molecular flexibility index (Phi) is 5.19. The van der Waals surface area contributed by atoms with Gasteiger partial charge in [-0.25, -0.2) is 4.99 Å². The van der Waals surface area contributed by atoms with Gasteiger partial charge in [-0.1, -0.05) is 30.0 Å². The molecule has 0 radical (unpaired) electrons. The SMILES string of the molecule is C=CCN1C(=O)/C(=C2\Sc3ccccc3N2C)SC1=Nc1ccc(OC)cc1. The summed E-state index contributed by atoms with van der Waals surface area (Å²) in [7, 11) is 3.62. The Balaban J connectivity index is 1.71. The van der Waals surface area contributed by atoms with E-state index in [-0.39, 0.29) is 5.91 Å². The van der Waals surface area contributed by atoms with Crippen LogP contribution in [0.5, 0.6) is 5.75 Å². The predicted octanol–water partition coefficient (Wildman–Crippen LogP) is 4.86. The zero-order chi connectivity index (χ0) is 19.7. The van der Waals surface area contributed by atoms with Gasteiger partial charge < -0.3 is 9.64 Å². The number of carbonyl (C=O) groups excluding carboxylic acids is 1. The number of rotatable bonds is 4. The van der Waals surface area contributed by atoms with E-state index < -0.39 is 0 Å². The van der Waals surface area contributed by atoms with Crippen molar-refractivity contribution in [1.29, 1.82) is 0 Å². The first-order valence-corrected chi connectivity index (χ1v) is 10.3. The first-order valence-electron chi connectivity index (χ1n) is 8.70. The van der Waals surface area contributed by atoms with Crippen LogP contribution in [0.1, 0.15) is 0 Å². The lowest BCUT2D eigenvalue weighted by molar-refractivity contribution is -0.121. The number of aliphatic imine (C=N–C) groups is 1. The Hall–Kier alpha value is -2.64. The average Bonchev–Trinajstić information content (AvgIpc) is 3.21. The highest BCUT2D eigenvalue weighted by atomic mass is 32.2. The summed E-state index contributed by atoms with van der Waals surface area (Å²) in [6, 6.07) is 15.6. The third kappa shape index (κ3) is 3.31. The molecule has 2 aromatic rings. The fraction of sp³-hybridized carbons (Fsp3) is 0.143. The molecule has 1 amide bonds. The highest BCUT2D eigenvalue weighted by Crippen LogP contribution is 2.49. The Morgan fingerprint density at radius 3 is 2.57 bits per heavy atom. The number of anilines is 1. The van der Waals surface area contributed by atoms with E-state index in [2.05, 4.69) is 23.6 Å². The third-order valence-electron chi connectivity index (χ3n) is 4.40. The Labute approximate surface area is 172 Å². The van der Waals surface area contributed by atoms with Gasteiger partial charge in [-0.3, -0.25) is 9.69 Å². The quantitative estimate of drug-likeness (QED) is 0.533. The van der Waals surface area contributed by atoms with Crippen LogP contribution in [0.3, 0.4) is 0 Å². The number of fused-ring (bicyclic) bond motifs is 1. The monoisotopic (exact) mass is 409 g/mol. The smallest absolute Gasteiger partial charge is 0.269 e. The minimum Gasteiger partial charge on any atom is -0.497 e. The number of hydrogen-bond acceptors (Lipinski definition) is 6. The van der Waals surface area contributed by atoms with E-state index in [0.717, 1.165) is 27.0 Å².